The molecule has 1 N–H and O–H groups in total. The maximum absolute atomic E-state index is 12.8. The van der Waals surface area contributed by atoms with E-state index in [1.54, 1.807) is 11.8 Å². The van der Waals surface area contributed by atoms with Crippen molar-refractivity contribution in [3.63, 3.8) is 0 Å². The van der Waals surface area contributed by atoms with Crippen LogP contribution in [0.5, 0.6) is 0 Å². The maximum atomic E-state index is 12.8. The molecule has 0 aromatic heterocycles. The van der Waals surface area contributed by atoms with Gasteiger partial charge in [-0.1, -0.05) is 6.07 Å². The monoisotopic (exact) mass is 401 g/mol. The Morgan fingerprint density at radius 3 is 2.36 bits per heavy atom. The second kappa shape index (κ2) is 9.43. The van der Waals surface area contributed by atoms with E-state index in [2.05, 4.69) is 5.32 Å². The van der Waals surface area contributed by atoms with Crippen LogP contribution in [0.25, 0.3) is 0 Å². The van der Waals surface area contributed by atoms with Crippen LogP contribution in [0.4, 0.5) is 18.0 Å². The summed E-state index contributed by atoms with van der Waals surface area (Å²) in [5.41, 5.74) is -0.908. The number of piperazine rings is 1. The van der Waals surface area contributed by atoms with E-state index in [-0.39, 0.29) is 57.2 Å². The normalized spacial score (nSPS) is 14.6. The molecular weight excluding hydrogens is 379 g/mol. The molecule has 1 aromatic carbocycles. The highest BCUT2D eigenvalue weighted by molar-refractivity contribution is 5.94. The molecule has 3 amide bonds. The Labute approximate surface area is 160 Å². The van der Waals surface area contributed by atoms with E-state index >= 15 is 0 Å². The van der Waals surface area contributed by atoms with Crippen molar-refractivity contribution in [2.24, 2.45) is 0 Å². The number of hydrogen-bond donors (Lipinski definition) is 1. The number of amides is 3. The van der Waals surface area contributed by atoms with Gasteiger partial charge in [0.2, 0.25) is 5.91 Å². The van der Waals surface area contributed by atoms with Gasteiger partial charge in [0.1, 0.15) is 0 Å². The Balaban J connectivity index is 1.84. The second-order valence-electron chi connectivity index (χ2n) is 6.15. The molecule has 2 rings (SSSR count). The number of rotatable bonds is 5. The summed E-state index contributed by atoms with van der Waals surface area (Å²) in [6.45, 7) is 3.07. The minimum absolute atomic E-state index is 0.0340. The first-order valence-electron chi connectivity index (χ1n) is 8.87. The average Bonchev–Trinajstić information content (AvgIpc) is 2.67. The third-order valence-electron chi connectivity index (χ3n) is 4.24. The standard InChI is InChI=1S/C18H22F3N3O4/c1-2-28-17(27)22-7-6-15(25)23-8-10-24(11-9-23)16(26)13-4-3-5-14(12-13)18(19,20)21/h3-5,12H,2,6-11H2,1H3,(H,22,27). The van der Waals surface area contributed by atoms with E-state index in [0.717, 1.165) is 12.1 Å². The predicted octanol–water partition coefficient (Wildman–Crippen LogP) is 2.13. The molecule has 1 saturated heterocycles. The summed E-state index contributed by atoms with van der Waals surface area (Å²) in [5, 5.41) is 2.45. The number of alkyl halides is 3. The van der Waals surface area contributed by atoms with Gasteiger partial charge in [-0.25, -0.2) is 4.79 Å². The summed E-state index contributed by atoms with van der Waals surface area (Å²) in [7, 11) is 0. The zero-order valence-electron chi connectivity index (χ0n) is 15.4. The van der Waals surface area contributed by atoms with Crippen molar-refractivity contribution < 1.29 is 32.3 Å². The van der Waals surface area contributed by atoms with Crippen LogP contribution >= 0.6 is 0 Å². The first-order chi connectivity index (χ1) is 13.2. The summed E-state index contributed by atoms with van der Waals surface area (Å²) in [6.07, 6.45) is -5.01. The first-order valence-corrected chi connectivity index (χ1v) is 8.87. The first kappa shape index (κ1) is 21.5. The van der Waals surface area contributed by atoms with Gasteiger partial charge in [-0.2, -0.15) is 13.2 Å². The number of benzene rings is 1. The summed E-state index contributed by atoms with van der Waals surface area (Å²) < 4.78 is 43.1. The zero-order valence-corrected chi connectivity index (χ0v) is 15.4. The van der Waals surface area contributed by atoms with Crippen molar-refractivity contribution >= 4 is 17.9 Å². The highest BCUT2D eigenvalue weighted by atomic mass is 19.4. The molecule has 1 aromatic rings. The van der Waals surface area contributed by atoms with Gasteiger partial charge < -0.3 is 19.9 Å². The minimum atomic E-state index is -4.51. The van der Waals surface area contributed by atoms with Gasteiger partial charge in [0, 0.05) is 44.7 Å². The fraction of sp³-hybridized carbons (Fsp3) is 0.500. The van der Waals surface area contributed by atoms with Crippen LogP contribution in [-0.4, -0.2) is 67.0 Å². The number of hydrogen-bond acceptors (Lipinski definition) is 4. The van der Waals surface area contributed by atoms with E-state index < -0.39 is 23.7 Å². The van der Waals surface area contributed by atoms with Gasteiger partial charge in [-0.05, 0) is 25.1 Å². The molecule has 0 aliphatic carbocycles. The van der Waals surface area contributed by atoms with Crippen molar-refractivity contribution in [1.82, 2.24) is 15.1 Å². The van der Waals surface area contributed by atoms with Crippen molar-refractivity contribution in [3.05, 3.63) is 35.4 Å². The van der Waals surface area contributed by atoms with E-state index in [1.165, 1.54) is 17.0 Å². The second-order valence-corrected chi connectivity index (χ2v) is 6.15. The van der Waals surface area contributed by atoms with Gasteiger partial charge in [0.05, 0.1) is 12.2 Å². The number of halogens is 3. The van der Waals surface area contributed by atoms with Gasteiger partial charge in [-0.3, -0.25) is 9.59 Å². The molecular formula is C18H22F3N3O4. The highest BCUT2D eigenvalue weighted by Crippen LogP contribution is 2.29. The Bertz CT molecular complexity index is 716. The number of ether oxygens (including phenoxy) is 1. The lowest BCUT2D eigenvalue weighted by molar-refractivity contribution is -0.137. The number of alkyl carbamates (subject to hydrolysis) is 1. The Morgan fingerprint density at radius 2 is 1.75 bits per heavy atom. The topological polar surface area (TPSA) is 79.0 Å². The van der Waals surface area contributed by atoms with Crippen molar-refractivity contribution in [2.75, 3.05) is 39.3 Å². The molecule has 0 saturated carbocycles. The smallest absolute Gasteiger partial charge is 0.416 e. The third kappa shape index (κ3) is 5.86. The largest absolute Gasteiger partial charge is 0.450 e. The van der Waals surface area contributed by atoms with Gasteiger partial charge in [0.15, 0.2) is 0 Å². The fourth-order valence-corrected chi connectivity index (χ4v) is 2.78. The van der Waals surface area contributed by atoms with Gasteiger partial charge in [0.25, 0.3) is 5.91 Å². The van der Waals surface area contributed by atoms with E-state index in [0.29, 0.717) is 0 Å². The number of carbonyl (C=O) groups excluding carboxylic acids is 3. The summed E-state index contributed by atoms with van der Waals surface area (Å²) >= 11 is 0. The van der Waals surface area contributed by atoms with Crippen molar-refractivity contribution in [1.29, 1.82) is 0 Å². The Morgan fingerprint density at radius 1 is 1.11 bits per heavy atom. The van der Waals surface area contributed by atoms with E-state index in [1.807, 2.05) is 0 Å². The molecule has 0 unspecified atom stereocenters. The Kier molecular flexibility index (Phi) is 7.24. The molecule has 1 fully saturated rings. The fourth-order valence-electron chi connectivity index (χ4n) is 2.78. The number of carbonyl (C=O) groups is 3. The van der Waals surface area contributed by atoms with Gasteiger partial charge >= 0.3 is 12.3 Å². The average molecular weight is 401 g/mol. The summed E-state index contributed by atoms with van der Waals surface area (Å²) in [4.78, 5) is 38.8. The van der Waals surface area contributed by atoms with Crippen molar-refractivity contribution in [3.8, 4) is 0 Å². The molecule has 0 atom stereocenters. The molecule has 1 aliphatic heterocycles. The van der Waals surface area contributed by atoms with Crippen LogP contribution in [-0.2, 0) is 15.7 Å². The van der Waals surface area contributed by atoms with Crippen LogP contribution in [0.1, 0.15) is 29.3 Å². The quantitative estimate of drug-likeness (QED) is 0.820. The molecule has 1 aliphatic rings. The lowest BCUT2D eigenvalue weighted by atomic mass is 10.1. The lowest BCUT2D eigenvalue weighted by Gasteiger charge is -2.35. The predicted molar refractivity (Wildman–Crippen MR) is 93.6 cm³/mol. The molecule has 7 nitrogen and oxygen atoms in total. The van der Waals surface area contributed by atoms with Crippen LogP contribution in [0.2, 0.25) is 0 Å². The zero-order chi connectivity index (χ0) is 20.7. The highest BCUT2D eigenvalue weighted by Gasteiger charge is 2.32. The van der Waals surface area contributed by atoms with Crippen LogP contribution < -0.4 is 5.32 Å². The lowest BCUT2D eigenvalue weighted by Crippen LogP contribution is -2.51. The number of nitrogens with one attached hydrogen (secondary N) is 1. The molecule has 10 heteroatoms. The van der Waals surface area contributed by atoms with Crippen LogP contribution in [0.15, 0.2) is 24.3 Å². The minimum Gasteiger partial charge on any atom is -0.450 e. The SMILES string of the molecule is CCOC(=O)NCCC(=O)N1CCN(C(=O)c2cccc(C(F)(F)F)c2)CC1. The maximum Gasteiger partial charge on any atom is 0.416 e. The summed E-state index contributed by atoms with van der Waals surface area (Å²) in [5.74, 6) is -0.676. The third-order valence-corrected chi connectivity index (χ3v) is 4.24. The molecule has 0 bridgehead atoms. The molecule has 28 heavy (non-hydrogen) atoms. The van der Waals surface area contributed by atoms with E-state index in [4.69, 9.17) is 4.74 Å². The Hall–Kier alpha value is -2.78. The molecule has 1 heterocycles. The van der Waals surface area contributed by atoms with Crippen LogP contribution in [0, 0.1) is 0 Å². The van der Waals surface area contributed by atoms with Crippen LogP contribution in [0.3, 0.4) is 0 Å². The summed E-state index contributed by atoms with van der Waals surface area (Å²) in [6, 6.07) is 4.29. The van der Waals surface area contributed by atoms with E-state index in [9.17, 15) is 27.6 Å². The molecule has 0 spiro atoms. The molecule has 154 valence electrons. The number of nitrogens with zero attached hydrogens (tertiary/aromatic N) is 2. The van der Waals surface area contributed by atoms with Gasteiger partial charge in [-0.15, -0.1) is 0 Å². The van der Waals surface area contributed by atoms with Crippen molar-refractivity contribution in [2.45, 2.75) is 19.5 Å². The molecule has 0 radical (unpaired) electrons.